The number of nitrogens with zero attached hydrogens (tertiary/aromatic N) is 2. The van der Waals surface area contributed by atoms with E-state index in [0.29, 0.717) is 0 Å². The molecule has 4 N–H and O–H groups in total. The minimum atomic E-state index is -2.17. The van der Waals surface area contributed by atoms with E-state index in [0.717, 1.165) is 26.1 Å². The van der Waals surface area contributed by atoms with Crippen LogP contribution in [-0.4, -0.2) is 64.5 Å². The highest BCUT2D eigenvalue weighted by atomic mass is 16.5. The van der Waals surface area contributed by atoms with Crippen LogP contribution in [0.25, 0.3) is 0 Å². The standard InChI is InChI=1S/C22H44N2O.BH3O3/c1-2-3-4-5-6-7-8-9-10-11-12-13-14-15-16-17-22-23-18-19-24(22)20-21-25;2-1(3)4/h25H,2-21H2,1H3;2-4H. The zero-order valence-corrected chi connectivity index (χ0v) is 18.9. The smallest absolute Gasteiger partial charge is 0.402 e. The van der Waals surface area contributed by atoms with Gasteiger partial charge in [-0.15, -0.1) is 0 Å². The van der Waals surface area contributed by atoms with E-state index >= 15 is 0 Å². The number of β-amino-alcohol motifs (C(OH)–C–C–N with tert-alkyl or cyclic N) is 1. The molecule has 0 aromatic rings. The van der Waals surface area contributed by atoms with E-state index in [1.165, 1.54) is 102 Å². The first-order chi connectivity index (χ1) is 14.1. The van der Waals surface area contributed by atoms with Crippen molar-refractivity contribution in [2.24, 2.45) is 4.99 Å². The molecule has 0 spiro atoms. The van der Waals surface area contributed by atoms with Gasteiger partial charge >= 0.3 is 7.32 Å². The summed E-state index contributed by atoms with van der Waals surface area (Å²) in [5.74, 6) is 1.24. The first kappa shape index (κ1) is 28.4. The molecule has 1 rings (SSSR count). The molecule has 0 saturated carbocycles. The zero-order chi connectivity index (χ0) is 21.6. The minimum absolute atomic E-state index is 0.248. The van der Waals surface area contributed by atoms with Crippen molar-refractivity contribution in [3.8, 4) is 0 Å². The van der Waals surface area contributed by atoms with E-state index in [4.69, 9.17) is 20.2 Å². The number of aliphatic hydroxyl groups excluding tert-OH is 1. The third-order valence-corrected chi connectivity index (χ3v) is 5.40. The number of rotatable bonds is 18. The molecule has 0 saturated heterocycles. The van der Waals surface area contributed by atoms with E-state index in [1.807, 2.05) is 0 Å². The van der Waals surface area contributed by atoms with Gasteiger partial charge in [0.15, 0.2) is 0 Å². The molecule has 7 heteroatoms. The van der Waals surface area contributed by atoms with Crippen molar-refractivity contribution >= 4 is 13.2 Å². The van der Waals surface area contributed by atoms with Crippen LogP contribution in [0.2, 0.25) is 0 Å². The lowest BCUT2D eigenvalue weighted by Gasteiger charge is -2.18. The second kappa shape index (κ2) is 22.1. The highest BCUT2D eigenvalue weighted by molar-refractivity contribution is 6.30. The van der Waals surface area contributed by atoms with Crippen molar-refractivity contribution in [2.75, 3.05) is 26.2 Å². The molecule has 6 nitrogen and oxygen atoms in total. The van der Waals surface area contributed by atoms with Crippen LogP contribution in [-0.2, 0) is 0 Å². The summed E-state index contributed by atoms with van der Waals surface area (Å²) in [6, 6.07) is 0. The average molecular weight is 414 g/mol. The zero-order valence-electron chi connectivity index (χ0n) is 18.9. The first-order valence-corrected chi connectivity index (χ1v) is 12.0. The fourth-order valence-corrected chi connectivity index (χ4v) is 3.78. The predicted molar refractivity (Wildman–Crippen MR) is 123 cm³/mol. The summed E-state index contributed by atoms with van der Waals surface area (Å²) < 4.78 is 0. The molecule has 0 fully saturated rings. The Morgan fingerprint density at radius 2 is 1.17 bits per heavy atom. The van der Waals surface area contributed by atoms with Crippen molar-refractivity contribution < 1.29 is 20.2 Å². The number of aliphatic hydroxyl groups is 1. The van der Waals surface area contributed by atoms with Gasteiger partial charge in [0.1, 0.15) is 0 Å². The van der Waals surface area contributed by atoms with E-state index in [2.05, 4.69) is 16.8 Å². The van der Waals surface area contributed by atoms with Crippen LogP contribution >= 0.6 is 0 Å². The summed E-state index contributed by atoms with van der Waals surface area (Å²) in [5, 5.41) is 30.6. The number of unbranched alkanes of at least 4 members (excludes halogenated alkanes) is 14. The summed E-state index contributed by atoms with van der Waals surface area (Å²) in [6.45, 7) is 5.23. The number of hydrogen-bond acceptors (Lipinski definition) is 6. The summed E-state index contributed by atoms with van der Waals surface area (Å²) in [6.07, 6.45) is 22.3. The molecule has 0 atom stereocenters. The van der Waals surface area contributed by atoms with Gasteiger partial charge in [-0.3, -0.25) is 4.99 Å². The summed E-state index contributed by atoms with van der Waals surface area (Å²) in [7, 11) is -2.17. The minimum Gasteiger partial charge on any atom is -0.402 e. The molecule has 0 amide bonds. The Morgan fingerprint density at radius 1 is 0.759 bits per heavy atom. The Kier molecular flexibility index (Phi) is 21.6. The van der Waals surface area contributed by atoms with Crippen molar-refractivity contribution in [3.63, 3.8) is 0 Å². The second-order valence-electron chi connectivity index (χ2n) is 8.05. The molecule has 0 unspecified atom stereocenters. The van der Waals surface area contributed by atoms with Crippen molar-refractivity contribution in [1.29, 1.82) is 0 Å². The van der Waals surface area contributed by atoms with Gasteiger partial charge in [0.2, 0.25) is 0 Å². The number of hydrogen-bond donors (Lipinski definition) is 4. The van der Waals surface area contributed by atoms with Crippen LogP contribution in [0.1, 0.15) is 110 Å². The van der Waals surface area contributed by atoms with Gasteiger partial charge < -0.3 is 25.1 Å². The maximum absolute atomic E-state index is 9.05. The molecule has 0 aliphatic carbocycles. The predicted octanol–water partition coefficient (Wildman–Crippen LogP) is 3.90. The Bertz CT molecular complexity index is 368. The average Bonchev–Trinajstić information content (AvgIpc) is 3.12. The van der Waals surface area contributed by atoms with Gasteiger partial charge in [0.05, 0.1) is 19.0 Å². The van der Waals surface area contributed by atoms with Crippen LogP contribution in [0.15, 0.2) is 4.99 Å². The van der Waals surface area contributed by atoms with Gasteiger partial charge in [0, 0.05) is 19.5 Å². The lowest BCUT2D eigenvalue weighted by Crippen LogP contribution is -2.30. The van der Waals surface area contributed by atoms with Gasteiger partial charge in [-0.25, -0.2) is 0 Å². The van der Waals surface area contributed by atoms with Crippen LogP contribution in [0.3, 0.4) is 0 Å². The quantitative estimate of drug-likeness (QED) is 0.202. The maximum Gasteiger partial charge on any atom is 0.631 e. The molecule has 1 heterocycles. The summed E-state index contributed by atoms with van der Waals surface area (Å²) in [4.78, 5) is 6.82. The largest absolute Gasteiger partial charge is 0.631 e. The molecule has 0 radical (unpaired) electrons. The Labute approximate surface area is 179 Å². The second-order valence-corrected chi connectivity index (χ2v) is 8.05. The third kappa shape index (κ3) is 20.4. The van der Waals surface area contributed by atoms with E-state index in [1.54, 1.807) is 0 Å². The highest BCUT2D eigenvalue weighted by Gasteiger charge is 2.14. The highest BCUT2D eigenvalue weighted by Crippen LogP contribution is 2.14. The summed E-state index contributed by atoms with van der Waals surface area (Å²) >= 11 is 0. The first-order valence-electron chi connectivity index (χ1n) is 12.0. The van der Waals surface area contributed by atoms with Crippen molar-refractivity contribution in [2.45, 2.75) is 110 Å². The van der Waals surface area contributed by atoms with Gasteiger partial charge in [-0.05, 0) is 6.42 Å². The molecule has 172 valence electrons. The molecule has 0 aromatic carbocycles. The van der Waals surface area contributed by atoms with Gasteiger partial charge in [0.25, 0.3) is 0 Å². The Balaban J connectivity index is 0.00000178. The van der Waals surface area contributed by atoms with E-state index in [9.17, 15) is 0 Å². The fourth-order valence-electron chi connectivity index (χ4n) is 3.78. The Hall–Kier alpha value is -0.625. The summed E-state index contributed by atoms with van der Waals surface area (Å²) in [5.41, 5.74) is 0. The molecule has 29 heavy (non-hydrogen) atoms. The fraction of sp³-hybridized carbons (Fsp3) is 0.955. The normalized spacial score (nSPS) is 13.3. The lowest BCUT2D eigenvalue weighted by molar-refractivity contribution is 0.255. The molecular formula is C22H47BN2O4. The van der Waals surface area contributed by atoms with Crippen LogP contribution in [0, 0.1) is 0 Å². The lowest BCUT2D eigenvalue weighted by atomic mass is 10.0. The van der Waals surface area contributed by atoms with Gasteiger partial charge in [-0.2, -0.15) is 0 Å². The van der Waals surface area contributed by atoms with Crippen molar-refractivity contribution in [1.82, 2.24) is 4.90 Å². The molecule has 1 aliphatic rings. The Morgan fingerprint density at radius 3 is 1.59 bits per heavy atom. The number of amidine groups is 1. The van der Waals surface area contributed by atoms with Crippen molar-refractivity contribution in [3.05, 3.63) is 0 Å². The van der Waals surface area contributed by atoms with Crippen LogP contribution in [0.4, 0.5) is 0 Å². The van der Waals surface area contributed by atoms with Crippen LogP contribution < -0.4 is 0 Å². The molecule has 1 aliphatic heterocycles. The van der Waals surface area contributed by atoms with E-state index < -0.39 is 7.32 Å². The SMILES string of the molecule is CCCCCCCCCCCCCCCCCC1=NCCN1CCO.OB(O)O. The topological polar surface area (TPSA) is 96.5 Å². The van der Waals surface area contributed by atoms with Gasteiger partial charge in [-0.1, -0.05) is 96.8 Å². The monoisotopic (exact) mass is 414 g/mol. The van der Waals surface area contributed by atoms with Crippen LogP contribution in [0.5, 0.6) is 0 Å². The van der Waals surface area contributed by atoms with E-state index in [-0.39, 0.29) is 6.61 Å². The molecule has 0 bridgehead atoms. The molecular weight excluding hydrogens is 367 g/mol. The molecule has 0 aromatic heterocycles. The maximum atomic E-state index is 9.05. The number of aliphatic imine (C=N–C) groups is 1. The third-order valence-electron chi connectivity index (χ3n) is 5.40.